The smallest absolute Gasteiger partial charge is 0.271 e. The Morgan fingerprint density at radius 1 is 1.00 bits per heavy atom. The largest absolute Gasteiger partial charge is 0.507 e. The lowest BCUT2D eigenvalue weighted by Gasteiger charge is -2.08. The van der Waals surface area contributed by atoms with Crippen molar-refractivity contribution in [3.63, 3.8) is 0 Å². The predicted molar refractivity (Wildman–Crippen MR) is 115 cm³/mol. The van der Waals surface area contributed by atoms with Gasteiger partial charge in [0.25, 0.3) is 11.8 Å². The summed E-state index contributed by atoms with van der Waals surface area (Å²) in [5, 5.41) is 16.5. The number of amides is 2. The molecule has 3 N–H and O–H groups in total. The molecule has 152 valence electrons. The van der Waals surface area contributed by atoms with E-state index in [1.807, 2.05) is 19.1 Å². The van der Waals surface area contributed by atoms with Gasteiger partial charge in [0.2, 0.25) is 0 Å². The molecule has 7 heteroatoms. The number of phenolic OH excluding ortho intramolecular Hbond substituents is 1. The van der Waals surface area contributed by atoms with E-state index in [4.69, 9.17) is 4.74 Å². The number of aromatic hydroxyl groups is 1. The molecule has 0 saturated carbocycles. The molecule has 0 fully saturated rings. The van der Waals surface area contributed by atoms with Gasteiger partial charge in [0.1, 0.15) is 11.5 Å². The molecule has 0 radical (unpaired) electrons. The Kier molecular flexibility index (Phi) is 6.44. The van der Waals surface area contributed by atoms with Crippen LogP contribution in [0.4, 0.5) is 5.69 Å². The molecule has 0 saturated heterocycles. The van der Waals surface area contributed by atoms with Crippen molar-refractivity contribution in [3.05, 3.63) is 89.0 Å². The van der Waals surface area contributed by atoms with Gasteiger partial charge in [-0.2, -0.15) is 5.10 Å². The molecular weight excluding hydrogens is 382 g/mol. The molecule has 0 aliphatic heterocycles. The number of nitrogens with one attached hydrogen (secondary N) is 2. The van der Waals surface area contributed by atoms with Crippen LogP contribution in [-0.4, -0.2) is 30.2 Å². The van der Waals surface area contributed by atoms with Crippen LogP contribution in [-0.2, 0) is 0 Å². The molecule has 0 aliphatic carbocycles. The fourth-order valence-corrected chi connectivity index (χ4v) is 2.72. The van der Waals surface area contributed by atoms with Gasteiger partial charge in [-0.05, 0) is 61.0 Å². The van der Waals surface area contributed by atoms with Crippen LogP contribution < -0.4 is 15.5 Å². The molecule has 0 bridgehead atoms. The Hall–Kier alpha value is -4.13. The van der Waals surface area contributed by atoms with Crippen LogP contribution in [0.5, 0.6) is 11.5 Å². The summed E-state index contributed by atoms with van der Waals surface area (Å²) in [6.45, 7) is 1.87. The van der Waals surface area contributed by atoms with E-state index >= 15 is 0 Å². The summed E-state index contributed by atoms with van der Waals surface area (Å²) in [6, 6.07) is 18.4. The third kappa shape index (κ3) is 5.02. The number of benzene rings is 3. The van der Waals surface area contributed by atoms with E-state index in [0.29, 0.717) is 28.1 Å². The van der Waals surface area contributed by atoms with Crippen LogP contribution in [0, 0.1) is 6.92 Å². The minimum Gasteiger partial charge on any atom is -0.507 e. The first-order valence-corrected chi connectivity index (χ1v) is 9.15. The summed E-state index contributed by atoms with van der Waals surface area (Å²) in [7, 11) is 1.52. The number of nitrogens with zero attached hydrogens (tertiary/aromatic N) is 1. The van der Waals surface area contributed by atoms with Gasteiger partial charge in [0, 0.05) is 22.4 Å². The van der Waals surface area contributed by atoms with Crippen molar-refractivity contribution >= 4 is 23.7 Å². The van der Waals surface area contributed by atoms with E-state index in [1.165, 1.54) is 19.4 Å². The summed E-state index contributed by atoms with van der Waals surface area (Å²) >= 11 is 0. The summed E-state index contributed by atoms with van der Waals surface area (Å²) in [4.78, 5) is 24.6. The van der Waals surface area contributed by atoms with E-state index in [9.17, 15) is 14.7 Å². The molecule has 7 nitrogen and oxygen atoms in total. The van der Waals surface area contributed by atoms with Crippen molar-refractivity contribution in [2.24, 2.45) is 5.10 Å². The SMILES string of the molecule is COc1ccc(O)c(C=NNC(=O)c2ccc(NC(=O)c3ccccc3C)cc2)c1. The van der Waals surface area contributed by atoms with Gasteiger partial charge in [-0.25, -0.2) is 5.43 Å². The maximum Gasteiger partial charge on any atom is 0.271 e. The van der Waals surface area contributed by atoms with Crippen LogP contribution in [0.25, 0.3) is 0 Å². The second-order valence-corrected chi connectivity index (χ2v) is 6.47. The van der Waals surface area contributed by atoms with Gasteiger partial charge in [-0.1, -0.05) is 18.2 Å². The highest BCUT2D eigenvalue weighted by Crippen LogP contribution is 2.21. The average molecular weight is 403 g/mol. The number of hydrogen-bond acceptors (Lipinski definition) is 5. The standard InChI is InChI=1S/C23H21N3O4/c1-15-5-3-4-6-20(15)23(29)25-18-9-7-16(8-10-18)22(28)26-24-14-17-13-19(30-2)11-12-21(17)27/h3-14,27H,1-2H3,(H,25,29)(H,26,28). The quantitative estimate of drug-likeness (QED) is 0.431. The molecule has 0 atom stereocenters. The second-order valence-electron chi connectivity index (χ2n) is 6.47. The number of anilines is 1. The number of rotatable bonds is 6. The molecular formula is C23H21N3O4. The summed E-state index contributed by atoms with van der Waals surface area (Å²) in [5.41, 5.74) is 5.22. The number of aryl methyl sites for hydroxylation is 1. The normalized spacial score (nSPS) is 10.6. The number of ether oxygens (including phenoxy) is 1. The predicted octanol–water partition coefficient (Wildman–Crippen LogP) is 3.73. The highest BCUT2D eigenvalue weighted by atomic mass is 16.5. The first-order chi connectivity index (χ1) is 14.5. The van der Waals surface area contributed by atoms with Crippen molar-refractivity contribution < 1.29 is 19.4 Å². The molecule has 3 rings (SSSR count). The molecule has 2 amide bonds. The minimum atomic E-state index is -0.426. The monoisotopic (exact) mass is 403 g/mol. The third-order valence-electron chi connectivity index (χ3n) is 4.40. The van der Waals surface area contributed by atoms with Crippen molar-refractivity contribution in [1.82, 2.24) is 5.43 Å². The Morgan fingerprint density at radius 3 is 2.43 bits per heavy atom. The van der Waals surface area contributed by atoms with Gasteiger partial charge in [-0.15, -0.1) is 0 Å². The Labute approximate surface area is 174 Å². The van der Waals surface area contributed by atoms with Gasteiger partial charge in [0.05, 0.1) is 13.3 Å². The molecule has 3 aromatic carbocycles. The van der Waals surface area contributed by atoms with E-state index in [0.717, 1.165) is 5.56 Å². The van der Waals surface area contributed by atoms with E-state index in [1.54, 1.807) is 48.5 Å². The van der Waals surface area contributed by atoms with E-state index in [-0.39, 0.29) is 11.7 Å². The van der Waals surface area contributed by atoms with Gasteiger partial charge >= 0.3 is 0 Å². The lowest BCUT2D eigenvalue weighted by molar-refractivity contribution is 0.0954. The Morgan fingerprint density at radius 2 is 1.73 bits per heavy atom. The summed E-state index contributed by atoms with van der Waals surface area (Å²) < 4.78 is 5.09. The van der Waals surface area contributed by atoms with Crippen LogP contribution in [0.2, 0.25) is 0 Å². The van der Waals surface area contributed by atoms with Crippen molar-refractivity contribution in [3.8, 4) is 11.5 Å². The highest BCUT2D eigenvalue weighted by Gasteiger charge is 2.10. The van der Waals surface area contributed by atoms with Crippen LogP contribution >= 0.6 is 0 Å². The number of hydrogen-bond donors (Lipinski definition) is 3. The molecule has 30 heavy (non-hydrogen) atoms. The number of methoxy groups -OCH3 is 1. The molecule has 3 aromatic rings. The van der Waals surface area contributed by atoms with Gasteiger partial charge in [-0.3, -0.25) is 9.59 Å². The molecule has 0 heterocycles. The fraction of sp³-hybridized carbons (Fsp3) is 0.0870. The third-order valence-corrected chi connectivity index (χ3v) is 4.40. The number of phenols is 1. The van der Waals surface area contributed by atoms with Crippen molar-refractivity contribution in [2.75, 3.05) is 12.4 Å². The average Bonchev–Trinajstić information content (AvgIpc) is 2.75. The number of carbonyl (C=O) groups is 2. The lowest BCUT2D eigenvalue weighted by atomic mass is 10.1. The zero-order valence-corrected chi connectivity index (χ0v) is 16.5. The van der Waals surface area contributed by atoms with Gasteiger partial charge in [0.15, 0.2) is 0 Å². The first-order valence-electron chi connectivity index (χ1n) is 9.15. The topological polar surface area (TPSA) is 100 Å². The number of hydrazone groups is 1. The fourth-order valence-electron chi connectivity index (χ4n) is 2.72. The van der Waals surface area contributed by atoms with Crippen LogP contribution in [0.15, 0.2) is 71.8 Å². The van der Waals surface area contributed by atoms with E-state index in [2.05, 4.69) is 15.8 Å². The van der Waals surface area contributed by atoms with Crippen LogP contribution in [0.1, 0.15) is 31.8 Å². The number of carbonyl (C=O) groups excluding carboxylic acids is 2. The van der Waals surface area contributed by atoms with Crippen LogP contribution in [0.3, 0.4) is 0 Å². The Balaban J connectivity index is 1.61. The molecule has 0 aliphatic rings. The maximum absolute atomic E-state index is 12.4. The molecule has 0 spiro atoms. The first kappa shape index (κ1) is 20.6. The van der Waals surface area contributed by atoms with E-state index < -0.39 is 5.91 Å². The lowest BCUT2D eigenvalue weighted by Crippen LogP contribution is -2.18. The zero-order chi connectivity index (χ0) is 21.5. The maximum atomic E-state index is 12.4. The summed E-state index contributed by atoms with van der Waals surface area (Å²) in [6.07, 6.45) is 1.33. The Bertz CT molecular complexity index is 1090. The van der Waals surface area contributed by atoms with Gasteiger partial charge < -0.3 is 15.2 Å². The second kappa shape index (κ2) is 9.38. The van der Waals surface area contributed by atoms with Crippen molar-refractivity contribution in [1.29, 1.82) is 0 Å². The molecule has 0 unspecified atom stereocenters. The zero-order valence-electron chi connectivity index (χ0n) is 16.5. The van der Waals surface area contributed by atoms with Crippen molar-refractivity contribution in [2.45, 2.75) is 6.92 Å². The summed E-state index contributed by atoms with van der Waals surface area (Å²) in [5.74, 6) is -0.0649. The highest BCUT2D eigenvalue weighted by molar-refractivity contribution is 6.05. The molecule has 0 aromatic heterocycles. The minimum absolute atomic E-state index is 0.0162.